The molecule has 19 heavy (non-hydrogen) atoms. The van der Waals surface area contributed by atoms with Crippen molar-refractivity contribution >= 4 is 5.97 Å². The third-order valence-electron chi connectivity index (χ3n) is 4.38. The fraction of sp³-hybridized carbons (Fsp3) is 0.933. The highest BCUT2D eigenvalue weighted by atomic mass is 16.5. The van der Waals surface area contributed by atoms with Gasteiger partial charge in [-0.05, 0) is 66.0 Å². The van der Waals surface area contributed by atoms with Crippen molar-refractivity contribution in [2.75, 3.05) is 19.7 Å². The Morgan fingerprint density at radius 1 is 1.42 bits per heavy atom. The second-order valence-electron chi connectivity index (χ2n) is 6.24. The average Bonchev–Trinajstić information content (AvgIpc) is 2.97. The lowest BCUT2D eigenvalue weighted by Gasteiger charge is -2.32. The molecule has 0 aromatic heterocycles. The molecular formula is C15H28N2O2. The summed E-state index contributed by atoms with van der Waals surface area (Å²) < 4.78 is 5.32. The van der Waals surface area contributed by atoms with Crippen LogP contribution in [0.2, 0.25) is 0 Å². The minimum atomic E-state index is -0.447. The van der Waals surface area contributed by atoms with Crippen LogP contribution in [0.5, 0.6) is 0 Å². The number of nitrogens with zero attached hydrogens (tertiary/aromatic N) is 1. The van der Waals surface area contributed by atoms with Crippen molar-refractivity contribution in [3.05, 3.63) is 0 Å². The summed E-state index contributed by atoms with van der Waals surface area (Å²) in [5.41, 5.74) is -0.447. The second kappa shape index (κ2) is 6.23. The molecule has 2 unspecified atom stereocenters. The fourth-order valence-corrected chi connectivity index (χ4v) is 3.64. The number of esters is 1. The van der Waals surface area contributed by atoms with Crippen LogP contribution in [0.1, 0.15) is 52.9 Å². The normalized spacial score (nSPS) is 32.1. The molecule has 0 bridgehead atoms. The summed E-state index contributed by atoms with van der Waals surface area (Å²) in [6.07, 6.45) is 5.54. The van der Waals surface area contributed by atoms with E-state index in [0.717, 1.165) is 19.3 Å². The summed E-state index contributed by atoms with van der Waals surface area (Å²) in [7, 11) is 0. The molecule has 1 saturated heterocycles. The number of hydrogen-bond acceptors (Lipinski definition) is 4. The molecule has 2 atom stereocenters. The summed E-state index contributed by atoms with van der Waals surface area (Å²) in [4.78, 5) is 14.9. The zero-order chi connectivity index (χ0) is 13.9. The van der Waals surface area contributed by atoms with Crippen molar-refractivity contribution in [2.24, 2.45) is 0 Å². The number of likely N-dealkylation sites (tertiary alicyclic amines) is 1. The van der Waals surface area contributed by atoms with Crippen LogP contribution in [0.4, 0.5) is 0 Å². The van der Waals surface area contributed by atoms with Crippen LogP contribution in [0.15, 0.2) is 0 Å². The SMILES string of the molecule is CCOC(=O)C1(NC(C)C)CCC(N2CCCC2)C1. The number of rotatable bonds is 5. The third kappa shape index (κ3) is 3.29. The van der Waals surface area contributed by atoms with Gasteiger partial charge in [-0.15, -0.1) is 0 Å². The van der Waals surface area contributed by atoms with Crippen molar-refractivity contribution in [1.82, 2.24) is 10.2 Å². The summed E-state index contributed by atoms with van der Waals surface area (Å²) in [6.45, 7) is 8.95. The van der Waals surface area contributed by atoms with E-state index in [1.54, 1.807) is 0 Å². The van der Waals surface area contributed by atoms with Gasteiger partial charge >= 0.3 is 5.97 Å². The number of carbonyl (C=O) groups excluding carboxylic acids is 1. The van der Waals surface area contributed by atoms with Gasteiger partial charge < -0.3 is 9.64 Å². The molecule has 1 heterocycles. The van der Waals surface area contributed by atoms with Gasteiger partial charge in [0.15, 0.2) is 0 Å². The topological polar surface area (TPSA) is 41.6 Å². The summed E-state index contributed by atoms with van der Waals surface area (Å²) in [5, 5.41) is 3.49. The molecule has 2 rings (SSSR count). The molecule has 0 spiro atoms. The van der Waals surface area contributed by atoms with Gasteiger partial charge in [0.25, 0.3) is 0 Å². The van der Waals surface area contributed by atoms with Crippen molar-refractivity contribution in [1.29, 1.82) is 0 Å². The first kappa shape index (κ1) is 14.8. The van der Waals surface area contributed by atoms with E-state index in [1.165, 1.54) is 25.9 Å². The third-order valence-corrected chi connectivity index (χ3v) is 4.38. The van der Waals surface area contributed by atoms with Crippen molar-refractivity contribution in [3.8, 4) is 0 Å². The molecule has 110 valence electrons. The molecule has 1 N–H and O–H groups in total. The van der Waals surface area contributed by atoms with Crippen LogP contribution in [0, 0.1) is 0 Å². The van der Waals surface area contributed by atoms with Gasteiger partial charge in [0.2, 0.25) is 0 Å². The lowest BCUT2D eigenvalue weighted by atomic mass is 9.96. The van der Waals surface area contributed by atoms with Gasteiger partial charge in [-0.1, -0.05) is 0 Å². The molecule has 0 aromatic rings. The smallest absolute Gasteiger partial charge is 0.326 e. The highest BCUT2D eigenvalue weighted by Crippen LogP contribution is 2.36. The number of carbonyl (C=O) groups is 1. The van der Waals surface area contributed by atoms with Gasteiger partial charge in [0.05, 0.1) is 6.61 Å². The minimum Gasteiger partial charge on any atom is -0.465 e. The molecule has 1 aliphatic heterocycles. The fourth-order valence-electron chi connectivity index (χ4n) is 3.64. The largest absolute Gasteiger partial charge is 0.465 e. The molecule has 0 amide bonds. The van der Waals surface area contributed by atoms with Crippen LogP contribution in [0.25, 0.3) is 0 Å². The maximum absolute atomic E-state index is 12.4. The summed E-state index contributed by atoms with van der Waals surface area (Å²) in [5.74, 6) is -0.0506. The van der Waals surface area contributed by atoms with Crippen molar-refractivity contribution in [2.45, 2.75) is 70.5 Å². The maximum atomic E-state index is 12.4. The first-order valence-electron chi connectivity index (χ1n) is 7.76. The van der Waals surface area contributed by atoms with Gasteiger partial charge in [0.1, 0.15) is 5.54 Å². The van der Waals surface area contributed by atoms with Gasteiger partial charge in [-0.3, -0.25) is 10.1 Å². The van der Waals surface area contributed by atoms with Crippen LogP contribution in [-0.2, 0) is 9.53 Å². The van der Waals surface area contributed by atoms with E-state index >= 15 is 0 Å². The molecule has 1 saturated carbocycles. The Balaban J connectivity index is 2.05. The van der Waals surface area contributed by atoms with E-state index in [9.17, 15) is 4.79 Å². The van der Waals surface area contributed by atoms with Gasteiger partial charge in [-0.2, -0.15) is 0 Å². The Bertz CT molecular complexity index is 313. The lowest BCUT2D eigenvalue weighted by Crippen LogP contribution is -2.54. The zero-order valence-corrected chi connectivity index (χ0v) is 12.6. The van der Waals surface area contributed by atoms with E-state index in [2.05, 4.69) is 24.1 Å². The van der Waals surface area contributed by atoms with Gasteiger partial charge in [-0.25, -0.2) is 0 Å². The quantitative estimate of drug-likeness (QED) is 0.774. The Morgan fingerprint density at radius 2 is 2.11 bits per heavy atom. The monoisotopic (exact) mass is 268 g/mol. The zero-order valence-electron chi connectivity index (χ0n) is 12.6. The van der Waals surface area contributed by atoms with Gasteiger partial charge in [0, 0.05) is 12.1 Å². The lowest BCUT2D eigenvalue weighted by molar-refractivity contribution is -0.151. The van der Waals surface area contributed by atoms with E-state index in [-0.39, 0.29) is 5.97 Å². The number of hydrogen-bond donors (Lipinski definition) is 1. The Hall–Kier alpha value is -0.610. The first-order valence-corrected chi connectivity index (χ1v) is 7.76. The van der Waals surface area contributed by atoms with E-state index in [0.29, 0.717) is 18.7 Å². The predicted octanol–water partition coefficient (Wildman–Crippen LogP) is 1.93. The molecule has 0 aromatic carbocycles. The number of ether oxygens (including phenoxy) is 1. The molecule has 0 radical (unpaired) electrons. The minimum absolute atomic E-state index is 0.0506. The van der Waals surface area contributed by atoms with Crippen LogP contribution >= 0.6 is 0 Å². The average molecular weight is 268 g/mol. The Kier molecular flexibility index (Phi) is 4.85. The molecular weight excluding hydrogens is 240 g/mol. The molecule has 1 aliphatic carbocycles. The van der Waals surface area contributed by atoms with Crippen LogP contribution in [0.3, 0.4) is 0 Å². The molecule has 2 aliphatic rings. The molecule has 4 nitrogen and oxygen atoms in total. The van der Waals surface area contributed by atoms with E-state index < -0.39 is 5.54 Å². The van der Waals surface area contributed by atoms with E-state index in [1.807, 2.05) is 6.92 Å². The predicted molar refractivity (Wildman–Crippen MR) is 76.1 cm³/mol. The Labute approximate surface area is 116 Å². The highest BCUT2D eigenvalue weighted by Gasteiger charge is 2.48. The van der Waals surface area contributed by atoms with Crippen molar-refractivity contribution < 1.29 is 9.53 Å². The second-order valence-corrected chi connectivity index (χ2v) is 6.24. The summed E-state index contributed by atoms with van der Waals surface area (Å²) in [6, 6.07) is 0.861. The number of nitrogens with one attached hydrogen (secondary N) is 1. The first-order chi connectivity index (χ1) is 9.07. The molecule has 4 heteroatoms. The summed E-state index contributed by atoms with van der Waals surface area (Å²) >= 11 is 0. The van der Waals surface area contributed by atoms with Crippen LogP contribution < -0.4 is 5.32 Å². The Morgan fingerprint density at radius 3 is 2.68 bits per heavy atom. The standard InChI is InChI=1S/C15H28N2O2/c1-4-19-14(18)15(16-12(2)3)8-7-13(11-15)17-9-5-6-10-17/h12-13,16H,4-11H2,1-3H3. The highest BCUT2D eigenvalue weighted by molar-refractivity contribution is 5.81. The molecule has 2 fully saturated rings. The van der Waals surface area contributed by atoms with Crippen molar-refractivity contribution in [3.63, 3.8) is 0 Å². The maximum Gasteiger partial charge on any atom is 0.326 e. The van der Waals surface area contributed by atoms with Crippen LogP contribution in [-0.4, -0.2) is 48.2 Å². The van der Waals surface area contributed by atoms with E-state index in [4.69, 9.17) is 4.74 Å².